The van der Waals surface area contributed by atoms with E-state index >= 15 is 0 Å². The summed E-state index contributed by atoms with van der Waals surface area (Å²) in [4.78, 5) is 50.2. The molecule has 0 aromatic rings. The van der Waals surface area contributed by atoms with Crippen LogP contribution >= 0.6 is 0 Å². The van der Waals surface area contributed by atoms with Gasteiger partial charge in [0, 0.05) is 20.4 Å². The van der Waals surface area contributed by atoms with Crippen molar-refractivity contribution in [2.45, 2.75) is 64.9 Å². The lowest BCUT2D eigenvalue weighted by atomic mass is 10.1. The third-order valence-electron chi connectivity index (χ3n) is 3.63. The minimum Gasteiger partial charge on any atom is -0.458 e. The number of hydrogen-bond acceptors (Lipinski definition) is 7. The molecule has 0 bridgehead atoms. The molecule has 0 aliphatic carbocycles. The van der Waals surface area contributed by atoms with Gasteiger partial charge in [0.2, 0.25) is 11.8 Å². The quantitative estimate of drug-likeness (QED) is 0.540. The van der Waals surface area contributed by atoms with E-state index in [1.165, 1.54) is 18.7 Å². The second-order valence-corrected chi connectivity index (χ2v) is 7.40. The molecule has 8 nitrogen and oxygen atoms in total. The van der Waals surface area contributed by atoms with Gasteiger partial charge in [0.1, 0.15) is 11.6 Å². The molecular weight excluding hydrogens is 318 g/mol. The smallest absolute Gasteiger partial charge is 0.333 e. The van der Waals surface area contributed by atoms with Gasteiger partial charge in [0.25, 0.3) is 5.79 Å². The number of carbonyl (C=O) groups is 4. The van der Waals surface area contributed by atoms with Crippen molar-refractivity contribution in [2.75, 3.05) is 6.54 Å². The molecule has 0 saturated carbocycles. The molecule has 2 rings (SSSR count). The Morgan fingerprint density at radius 1 is 1.17 bits per heavy atom. The van der Waals surface area contributed by atoms with Gasteiger partial charge < -0.3 is 19.1 Å². The van der Waals surface area contributed by atoms with E-state index in [9.17, 15) is 19.2 Å². The molecule has 0 aromatic carbocycles. The summed E-state index contributed by atoms with van der Waals surface area (Å²) in [5.74, 6) is -6.35. The molecule has 2 heterocycles. The van der Waals surface area contributed by atoms with E-state index in [0.29, 0.717) is 12.8 Å². The number of hydrogen-bond donors (Lipinski definition) is 0. The molecule has 134 valence electrons. The van der Waals surface area contributed by atoms with Crippen molar-refractivity contribution in [2.24, 2.45) is 5.92 Å². The summed E-state index contributed by atoms with van der Waals surface area (Å²) < 4.78 is 15.2. The second-order valence-electron chi connectivity index (χ2n) is 7.40. The maximum atomic E-state index is 12.6. The van der Waals surface area contributed by atoms with Crippen molar-refractivity contribution in [3.8, 4) is 0 Å². The van der Waals surface area contributed by atoms with Crippen LogP contribution in [0.4, 0.5) is 0 Å². The summed E-state index contributed by atoms with van der Waals surface area (Å²) in [7, 11) is 0. The fourth-order valence-corrected chi connectivity index (χ4v) is 2.73. The number of ether oxygens (including phenoxy) is 3. The average Bonchev–Trinajstić information content (AvgIpc) is 2.82. The van der Waals surface area contributed by atoms with E-state index in [2.05, 4.69) is 0 Å². The largest absolute Gasteiger partial charge is 0.458 e. The van der Waals surface area contributed by atoms with Crippen molar-refractivity contribution in [3.05, 3.63) is 0 Å². The molecule has 2 aliphatic heterocycles. The summed E-state index contributed by atoms with van der Waals surface area (Å²) in [5, 5.41) is 0. The fraction of sp³-hybridized carbons (Fsp3) is 0.750. The van der Waals surface area contributed by atoms with E-state index in [4.69, 9.17) is 14.2 Å². The molecule has 24 heavy (non-hydrogen) atoms. The van der Waals surface area contributed by atoms with Gasteiger partial charge in [-0.1, -0.05) is 0 Å². The number of esters is 3. The van der Waals surface area contributed by atoms with Crippen LogP contribution in [0, 0.1) is 5.92 Å². The van der Waals surface area contributed by atoms with Crippen LogP contribution in [-0.4, -0.2) is 52.7 Å². The molecule has 0 radical (unpaired) electrons. The Morgan fingerprint density at radius 3 is 2.21 bits per heavy atom. The Kier molecular flexibility index (Phi) is 4.61. The summed E-state index contributed by atoms with van der Waals surface area (Å²) >= 11 is 0. The van der Waals surface area contributed by atoms with E-state index in [-0.39, 0.29) is 6.54 Å². The summed E-state index contributed by atoms with van der Waals surface area (Å²) in [5.41, 5.74) is -0.693. The number of rotatable bonds is 2. The lowest BCUT2D eigenvalue weighted by Crippen LogP contribution is -2.54. The van der Waals surface area contributed by atoms with Crippen molar-refractivity contribution < 1.29 is 33.4 Å². The van der Waals surface area contributed by atoms with Gasteiger partial charge in [-0.05, 0) is 33.6 Å². The Hall–Kier alpha value is -2.12. The van der Waals surface area contributed by atoms with Crippen LogP contribution in [0.5, 0.6) is 0 Å². The average molecular weight is 341 g/mol. The molecule has 2 saturated heterocycles. The molecule has 1 amide bonds. The van der Waals surface area contributed by atoms with Crippen LogP contribution in [0.2, 0.25) is 0 Å². The van der Waals surface area contributed by atoms with Gasteiger partial charge in [-0.25, -0.2) is 4.79 Å². The van der Waals surface area contributed by atoms with Crippen molar-refractivity contribution >= 4 is 23.8 Å². The lowest BCUT2D eigenvalue weighted by Gasteiger charge is -2.34. The topological polar surface area (TPSA) is 99.2 Å². The summed E-state index contributed by atoms with van der Waals surface area (Å²) in [6.07, 6.45) is 1.00. The van der Waals surface area contributed by atoms with E-state index < -0.39 is 47.2 Å². The van der Waals surface area contributed by atoms with Crippen molar-refractivity contribution in [1.29, 1.82) is 0 Å². The van der Waals surface area contributed by atoms with Crippen LogP contribution in [0.1, 0.15) is 47.5 Å². The Labute approximate surface area is 140 Å². The predicted molar refractivity (Wildman–Crippen MR) is 80.3 cm³/mol. The zero-order valence-corrected chi connectivity index (χ0v) is 14.6. The highest BCUT2D eigenvalue weighted by Gasteiger charge is 2.51. The van der Waals surface area contributed by atoms with Crippen molar-refractivity contribution in [1.82, 2.24) is 4.90 Å². The van der Waals surface area contributed by atoms with Gasteiger partial charge in [-0.3, -0.25) is 14.4 Å². The van der Waals surface area contributed by atoms with Gasteiger partial charge >= 0.3 is 17.9 Å². The second kappa shape index (κ2) is 6.07. The highest BCUT2D eigenvalue weighted by atomic mass is 16.7. The van der Waals surface area contributed by atoms with Gasteiger partial charge in [0.15, 0.2) is 0 Å². The molecular formula is C16H23NO7. The van der Waals surface area contributed by atoms with Crippen LogP contribution in [0.25, 0.3) is 0 Å². The van der Waals surface area contributed by atoms with Crippen molar-refractivity contribution in [3.63, 3.8) is 0 Å². The number of amides is 1. The Morgan fingerprint density at radius 2 is 1.71 bits per heavy atom. The Bertz CT molecular complexity index is 555. The first-order chi connectivity index (χ1) is 10.9. The van der Waals surface area contributed by atoms with Crippen LogP contribution in [-0.2, 0) is 33.4 Å². The van der Waals surface area contributed by atoms with E-state index in [0.717, 1.165) is 0 Å². The van der Waals surface area contributed by atoms with E-state index in [1.807, 2.05) is 0 Å². The van der Waals surface area contributed by atoms with E-state index in [1.54, 1.807) is 20.8 Å². The lowest BCUT2D eigenvalue weighted by molar-refractivity contribution is -0.239. The molecule has 2 fully saturated rings. The summed E-state index contributed by atoms with van der Waals surface area (Å²) in [6.45, 7) is 8.26. The fourth-order valence-electron chi connectivity index (χ4n) is 2.73. The predicted octanol–water partition coefficient (Wildman–Crippen LogP) is 0.771. The third-order valence-corrected chi connectivity index (χ3v) is 3.63. The van der Waals surface area contributed by atoms with Crippen LogP contribution in [0.3, 0.4) is 0 Å². The molecule has 1 atom stereocenters. The van der Waals surface area contributed by atoms with Gasteiger partial charge in [-0.2, -0.15) is 0 Å². The highest BCUT2D eigenvalue weighted by Crippen LogP contribution is 2.28. The minimum absolute atomic E-state index is 0.267. The number of likely N-dealkylation sites (tertiary alicyclic amines) is 1. The third kappa shape index (κ3) is 3.85. The number of nitrogens with zero attached hydrogens (tertiary/aromatic N) is 1. The minimum atomic E-state index is -1.69. The zero-order valence-electron chi connectivity index (χ0n) is 14.6. The molecule has 0 N–H and O–H groups in total. The van der Waals surface area contributed by atoms with Crippen LogP contribution in [0.15, 0.2) is 0 Å². The van der Waals surface area contributed by atoms with Gasteiger partial charge in [0.05, 0.1) is 0 Å². The molecule has 0 aromatic heterocycles. The van der Waals surface area contributed by atoms with Crippen LogP contribution < -0.4 is 0 Å². The monoisotopic (exact) mass is 341 g/mol. The number of carbonyl (C=O) groups excluding carboxylic acids is 4. The normalized spacial score (nSPS) is 24.4. The first-order valence-corrected chi connectivity index (χ1v) is 7.90. The maximum absolute atomic E-state index is 12.6. The first-order valence-electron chi connectivity index (χ1n) is 7.90. The first kappa shape index (κ1) is 18.2. The maximum Gasteiger partial charge on any atom is 0.333 e. The molecule has 1 unspecified atom stereocenters. The highest BCUT2D eigenvalue weighted by molar-refractivity contribution is 6.15. The molecule has 0 spiro atoms. The summed E-state index contributed by atoms with van der Waals surface area (Å²) in [6, 6.07) is -0.813. The number of cyclic esters (lactones) is 2. The Balaban J connectivity index is 2.15. The zero-order chi connectivity index (χ0) is 18.3. The SMILES string of the molecule is CC(C)(C)OC(=O)C1CCCN1C(=O)C1C(=O)OC(C)(C)OC1=O. The van der Waals surface area contributed by atoms with Gasteiger partial charge in [-0.15, -0.1) is 0 Å². The molecule has 2 aliphatic rings. The molecule has 8 heteroatoms. The standard InChI is InChI=1S/C16H23NO7/c1-15(2,3)22-12(19)9-7-6-8-17(9)11(18)10-13(20)23-16(4,5)24-14(10)21/h9-10H,6-8H2,1-5H3.